The topological polar surface area (TPSA) is 32.3 Å². The van der Waals surface area contributed by atoms with E-state index in [1.165, 1.54) is 0 Å². The van der Waals surface area contributed by atoms with Gasteiger partial charge >= 0.3 is 0 Å². The van der Waals surface area contributed by atoms with Crippen molar-refractivity contribution < 1.29 is 4.79 Å². The van der Waals surface area contributed by atoms with E-state index in [1.807, 2.05) is 47.4 Å². The van der Waals surface area contributed by atoms with Gasteiger partial charge in [-0.1, -0.05) is 49.0 Å². The van der Waals surface area contributed by atoms with Gasteiger partial charge < -0.3 is 10.2 Å². The molecule has 0 aromatic heterocycles. The van der Waals surface area contributed by atoms with Crippen molar-refractivity contribution in [1.29, 1.82) is 0 Å². The lowest BCUT2D eigenvalue weighted by atomic mass is 9.96. The number of benzene rings is 2. The largest absolute Gasteiger partial charge is 0.339 e. The highest BCUT2D eigenvalue weighted by molar-refractivity contribution is 7.99. The minimum absolute atomic E-state index is 0.168. The van der Waals surface area contributed by atoms with Gasteiger partial charge in [-0.05, 0) is 56.1 Å². The molecule has 3 rings (SSSR count). The predicted octanol–water partition coefficient (Wildman–Crippen LogP) is 4.30. The second-order valence-corrected chi connectivity index (χ2v) is 7.57. The Balaban J connectivity index is 1.67. The molecule has 2 aromatic carbocycles. The fourth-order valence-corrected chi connectivity index (χ4v) is 4.17. The highest BCUT2D eigenvalue weighted by atomic mass is 32.2. The van der Waals surface area contributed by atoms with Gasteiger partial charge in [-0.15, -0.1) is 0 Å². The molecule has 0 unspecified atom stereocenters. The van der Waals surface area contributed by atoms with E-state index < -0.39 is 0 Å². The Morgan fingerprint density at radius 3 is 2.48 bits per heavy atom. The normalized spacial score (nSPS) is 15.3. The Bertz CT molecular complexity index is 681. The van der Waals surface area contributed by atoms with Crippen molar-refractivity contribution >= 4 is 17.7 Å². The van der Waals surface area contributed by atoms with Crippen LogP contribution in [0, 0.1) is 5.92 Å². The molecule has 1 aliphatic rings. The Morgan fingerprint density at radius 2 is 1.76 bits per heavy atom. The molecule has 1 fully saturated rings. The Hall–Kier alpha value is -1.78. The SMILES string of the molecule is CCNCC1CCN(C(=O)c2ccccc2Sc2ccccc2)CC1. The number of carbonyl (C=O) groups excluding carboxylic acids is 1. The van der Waals surface area contributed by atoms with Crippen molar-refractivity contribution in [2.75, 3.05) is 26.2 Å². The molecule has 0 spiro atoms. The highest BCUT2D eigenvalue weighted by Gasteiger charge is 2.24. The lowest BCUT2D eigenvalue weighted by molar-refractivity contribution is 0.0687. The number of piperidine rings is 1. The van der Waals surface area contributed by atoms with Crippen LogP contribution < -0.4 is 5.32 Å². The first-order valence-electron chi connectivity index (χ1n) is 9.10. The van der Waals surface area contributed by atoms with Gasteiger partial charge in [0.05, 0.1) is 5.56 Å². The van der Waals surface area contributed by atoms with Crippen LogP contribution in [0.15, 0.2) is 64.4 Å². The van der Waals surface area contributed by atoms with E-state index in [0.29, 0.717) is 5.92 Å². The summed E-state index contributed by atoms with van der Waals surface area (Å²) >= 11 is 1.66. The Kier molecular flexibility index (Phi) is 6.54. The molecule has 0 saturated carbocycles. The van der Waals surface area contributed by atoms with E-state index in [1.54, 1.807) is 11.8 Å². The third-order valence-corrected chi connectivity index (χ3v) is 5.76. The van der Waals surface area contributed by atoms with Crippen LogP contribution in [0.1, 0.15) is 30.1 Å². The first-order chi connectivity index (χ1) is 12.3. The summed E-state index contributed by atoms with van der Waals surface area (Å²) in [4.78, 5) is 17.2. The van der Waals surface area contributed by atoms with E-state index in [4.69, 9.17) is 0 Å². The van der Waals surface area contributed by atoms with Gasteiger partial charge in [0.1, 0.15) is 0 Å². The van der Waals surface area contributed by atoms with Crippen LogP contribution in [0.25, 0.3) is 0 Å². The Morgan fingerprint density at radius 1 is 1.08 bits per heavy atom. The van der Waals surface area contributed by atoms with Crippen molar-refractivity contribution in [2.45, 2.75) is 29.6 Å². The van der Waals surface area contributed by atoms with Crippen LogP contribution in [0.3, 0.4) is 0 Å². The molecule has 4 heteroatoms. The number of amides is 1. The standard InChI is InChI=1S/C21H26N2OS/c1-2-22-16-17-12-14-23(15-13-17)21(24)19-10-6-7-11-20(19)25-18-8-4-3-5-9-18/h3-11,17,22H,2,12-16H2,1H3. The average molecular weight is 355 g/mol. The monoisotopic (exact) mass is 354 g/mol. The molecule has 0 atom stereocenters. The summed E-state index contributed by atoms with van der Waals surface area (Å²) in [6.07, 6.45) is 2.18. The van der Waals surface area contributed by atoms with E-state index >= 15 is 0 Å². The molecule has 0 radical (unpaired) electrons. The molecular weight excluding hydrogens is 328 g/mol. The Labute approximate surface area is 154 Å². The summed E-state index contributed by atoms with van der Waals surface area (Å²) in [6, 6.07) is 18.2. The molecule has 132 valence electrons. The molecule has 1 N–H and O–H groups in total. The smallest absolute Gasteiger partial charge is 0.255 e. The predicted molar refractivity (Wildman–Crippen MR) is 104 cm³/mol. The van der Waals surface area contributed by atoms with Gasteiger partial charge in [0, 0.05) is 22.9 Å². The number of nitrogens with zero attached hydrogens (tertiary/aromatic N) is 1. The zero-order chi connectivity index (χ0) is 17.5. The lowest BCUT2D eigenvalue weighted by Gasteiger charge is -2.32. The zero-order valence-corrected chi connectivity index (χ0v) is 15.6. The second kappa shape index (κ2) is 9.07. The number of hydrogen-bond acceptors (Lipinski definition) is 3. The first kappa shape index (κ1) is 18.0. The maximum absolute atomic E-state index is 13.0. The van der Waals surface area contributed by atoms with Crippen LogP contribution in [0.5, 0.6) is 0 Å². The molecule has 3 nitrogen and oxygen atoms in total. The summed E-state index contributed by atoms with van der Waals surface area (Å²) in [5.74, 6) is 0.860. The quantitative estimate of drug-likeness (QED) is 0.839. The van der Waals surface area contributed by atoms with Crippen molar-refractivity contribution in [3.8, 4) is 0 Å². The minimum atomic E-state index is 0.168. The summed E-state index contributed by atoms with van der Waals surface area (Å²) in [7, 11) is 0. The molecule has 25 heavy (non-hydrogen) atoms. The van der Waals surface area contributed by atoms with Crippen molar-refractivity contribution in [3.05, 3.63) is 60.2 Å². The van der Waals surface area contributed by atoms with Gasteiger partial charge in [-0.2, -0.15) is 0 Å². The lowest BCUT2D eigenvalue weighted by Crippen LogP contribution is -2.40. The van der Waals surface area contributed by atoms with Crippen LogP contribution in [-0.2, 0) is 0 Å². The van der Waals surface area contributed by atoms with Gasteiger partial charge in [-0.25, -0.2) is 0 Å². The third kappa shape index (κ3) is 4.86. The number of likely N-dealkylation sites (tertiary alicyclic amines) is 1. The van der Waals surface area contributed by atoms with Gasteiger partial charge in [0.25, 0.3) is 5.91 Å². The average Bonchev–Trinajstić information content (AvgIpc) is 2.67. The molecule has 1 heterocycles. The van der Waals surface area contributed by atoms with E-state index in [9.17, 15) is 4.79 Å². The molecular formula is C21H26N2OS. The third-order valence-electron chi connectivity index (χ3n) is 4.67. The molecule has 1 aliphatic heterocycles. The summed E-state index contributed by atoms with van der Waals surface area (Å²) < 4.78 is 0. The van der Waals surface area contributed by atoms with Crippen LogP contribution in [0.4, 0.5) is 0 Å². The van der Waals surface area contributed by atoms with Crippen molar-refractivity contribution in [1.82, 2.24) is 10.2 Å². The van der Waals surface area contributed by atoms with Crippen molar-refractivity contribution in [3.63, 3.8) is 0 Å². The zero-order valence-electron chi connectivity index (χ0n) is 14.8. The number of rotatable bonds is 6. The minimum Gasteiger partial charge on any atom is -0.339 e. The summed E-state index contributed by atoms with van der Waals surface area (Å²) in [5.41, 5.74) is 0.821. The van der Waals surface area contributed by atoms with Gasteiger partial charge in [-0.3, -0.25) is 4.79 Å². The maximum atomic E-state index is 13.0. The van der Waals surface area contributed by atoms with Crippen LogP contribution in [0.2, 0.25) is 0 Å². The van der Waals surface area contributed by atoms with Crippen molar-refractivity contribution in [2.24, 2.45) is 5.92 Å². The van der Waals surface area contributed by atoms with Crippen LogP contribution in [-0.4, -0.2) is 37.0 Å². The van der Waals surface area contributed by atoms with E-state index in [-0.39, 0.29) is 5.91 Å². The van der Waals surface area contributed by atoms with E-state index in [0.717, 1.165) is 54.4 Å². The summed E-state index contributed by atoms with van der Waals surface area (Å²) in [5, 5.41) is 3.42. The maximum Gasteiger partial charge on any atom is 0.255 e. The number of nitrogens with one attached hydrogen (secondary N) is 1. The summed E-state index contributed by atoms with van der Waals surface area (Å²) in [6.45, 7) is 5.95. The van der Waals surface area contributed by atoms with Gasteiger partial charge in [0.15, 0.2) is 0 Å². The number of carbonyl (C=O) groups is 1. The van der Waals surface area contributed by atoms with Gasteiger partial charge in [0.2, 0.25) is 0 Å². The highest BCUT2D eigenvalue weighted by Crippen LogP contribution is 2.31. The molecule has 2 aromatic rings. The van der Waals surface area contributed by atoms with E-state index in [2.05, 4.69) is 24.4 Å². The molecule has 1 amide bonds. The number of hydrogen-bond donors (Lipinski definition) is 1. The van der Waals surface area contributed by atoms with Crippen LogP contribution >= 0.6 is 11.8 Å². The molecule has 1 saturated heterocycles. The fraction of sp³-hybridized carbons (Fsp3) is 0.381. The molecule has 0 bridgehead atoms. The first-order valence-corrected chi connectivity index (χ1v) is 9.91. The molecule has 0 aliphatic carbocycles. The second-order valence-electron chi connectivity index (χ2n) is 6.45. The fourth-order valence-electron chi connectivity index (χ4n) is 3.21.